The molecule has 0 aliphatic carbocycles. The molecule has 0 aliphatic rings. The summed E-state index contributed by atoms with van der Waals surface area (Å²) in [4.78, 5) is 14.7. The maximum Gasteiger partial charge on any atom is 0.339 e. The predicted octanol–water partition coefficient (Wildman–Crippen LogP) is 0.420. The highest BCUT2D eigenvalue weighted by Crippen LogP contribution is 2.14. The molecule has 0 spiro atoms. The van der Waals surface area contributed by atoms with Gasteiger partial charge in [-0.2, -0.15) is 0 Å². The molecular formula is C9H13N3O3. The van der Waals surface area contributed by atoms with Crippen molar-refractivity contribution in [3.8, 4) is 0 Å². The van der Waals surface area contributed by atoms with Gasteiger partial charge in [-0.1, -0.05) is 0 Å². The standard InChI is InChI=1S/C9H13N3O3/c1-15-3-2-11-8-7(9(13)14)4-6(10)5-12-8/h4-5H,2-3,10H2,1H3,(H,11,12)(H,13,14). The Morgan fingerprint density at radius 2 is 2.47 bits per heavy atom. The van der Waals surface area contributed by atoms with Crippen molar-refractivity contribution in [3.05, 3.63) is 17.8 Å². The molecule has 1 aromatic heterocycles. The highest BCUT2D eigenvalue weighted by molar-refractivity contribution is 5.94. The van der Waals surface area contributed by atoms with E-state index in [-0.39, 0.29) is 5.56 Å². The summed E-state index contributed by atoms with van der Waals surface area (Å²) >= 11 is 0. The lowest BCUT2D eigenvalue weighted by Gasteiger charge is -2.08. The van der Waals surface area contributed by atoms with Gasteiger partial charge in [-0.25, -0.2) is 9.78 Å². The van der Waals surface area contributed by atoms with Crippen LogP contribution >= 0.6 is 0 Å². The van der Waals surface area contributed by atoms with Crippen LogP contribution in [0, 0.1) is 0 Å². The summed E-state index contributed by atoms with van der Waals surface area (Å²) in [5, 5.41) is 11.7. The number of rotatable bonds is 5. The Hall–Kier alpha value is -1.82. The molecule has 1 heterocycles. The topological polar surface area (TPSA) is 97.5 Å². The normalized spacial score (nSPS) is 9.93. The van der Waals surface area contributed by atoms with Gasteiger partial charge < -0.3 is 20.9 Å². The second kappa shape index (κ2) is 5.16. The van der Waals surface area contributed by atoms with E-state index in [1.807, 2.05) is 0 Å². The molecule has 1 aromatic rings. The zero-order chi connectivity index (χ0) is 11.3. The lowest BCUT2D eigenvalue weighted by Crippen LogP contribution is -2.13. The smallest absolute Gasteiger partial charge is 0.339 e. The van der Waals surface area contributed by atoms with Crippen molar-refractivity contribution in [1.82, 2.24) is 4.98 Å². The fraction of sp³-hybridized carbons (Fsp3) is 0.333. The number of hydrogen-bond donors (Lipinski definition) is 3. The highest BCUT2D eigenvalue weighted by Gasteiger charge is 2.11. The number of nitrogens with one attached hydrogen (secondary N) is 1. The van der Waals surface area contributed by atoms with Crippen LogP contribution in [-0.4, -0.2) is 36.3 Å². The maximum atomic E-state index is 10.8. The summed E-state index contributed by atoms with van der Waals surface area (Å²) < 4.78 is 4.83. The van der Waals surface area contributed by atoms with Crippen molar-refractivity contribution in [2.24, 2.45) is 0 Å². The van der Waals surface area contributed by atoms with E-state index in [2.05, 4.69) is 10.3 Å². The average Bonchev–Trinajstić information content (AvgIpc) is 2.20. The number of anilines is 2. The Bertz CT molecular complexity index is 354. The van der Waals surface area contributed by atoms with Crippen LogP contribution in [0.2, 0.25) is 0 Å². The Balaban J connectivity index is 2.81. The van der Waals surface area contributed by atoms with E-state index in [4.69, 9.17) is 15.6 Å². The largest absolute Gasteiger partial charge is 0.478 e. The first-order valence-electron chi connectivity index (χ1n) is 4.36. The number of carboxylic acids is 1. The molecular weight excluding hydrogens is 198 g/mol. The third kappa shape index (κ3) is 3.10. The van der Waals surface area contributed by atoms with E-state index >= 15 is 0 Å². The van der Waals surface area contributed by atoms with E-state index in [9.17, 15) is 4.79 Å². The first-order valence-corrected chi connectivity index (χ1v) is 4.36. The van der Waals surface area contributed by atoms with Gasteiger partial charge in [-0.05, 0) is 6.07 Å². The monoisotopic (exact) mass is 211 g/mol. The number of nitrogens with two attached hydrogens (primary N) is 1. The molecule has 6 nitrogen and oxygen atoms in total. The third-order valence-corrected chi connectivity index (χ3v) is 1.74. The van der Waals surface area contributed by atoms with E-state index in [0.29, 0.717) is 24.7 Å². The van der Waals surface area contributed by atoms with Crippen LogP contribution < -0.4 is 11.1 Å². The Morgan fingerprint density at radius 1 is 1.73 bits per heavy atom. The minimum atomic E-state index is -1.06. The lowest BCUT2D eigenvalue weighted by molar-refractivity contribution is 0.0697. The molecule has 0 fully saturated rings. The molecule has 0 unspecified atom stereocenters. The number of pyridine rings is 1. The summed E-state index contributed by atoms with van der Waals surface area (Å²) in [7, 11) is 1.57. The minimum absolute atomic E-state index is 0.0612. The number of nitrogen functional groups attached to an aromatic ring is 1. The van der Waals surface area contributed by atoms with Crippen LogP contribution in [0.4, 0.5) is 11.5 Å². The molecule has 0 aromatic carbocycles. The van der Waals surface area contributed by atoms with Gasteiger partial charge in [0, 0.05) is 13.7 Å². The molecule has 0 bridgehead atoms. The summed E-state index contributed by atoms with van der Waals surface area (Å²) in [6.07, 6.45) is 1.40. The van der Waals surface area contributed by atoms with Crippen LogP contribution in [0.15, 0.2) is 12.3 Å². The summed E-state index contributed by atoms with van der Waals surface area (Å²) in [5.74, 6) is -0.761. The molecule has 0 radical (unpaired) electrons. The lowest BCUT2D eigenvalue weighted by atomic mass is 10.2. The molecule has 0 amide bonds. The molecule has 0 atom stereocenters. The number of aromatic carboxylic acids is 1. The van der Waals surface area contributed by atoms with Crippen LogP contribution in [0.25, 0.3) is 0 Å². The molecule has 4 N–H and O–H groups in total. The van der Waals surface area contributed by atoms with Crippen molar-refractivity contribution < 1.29 is 14.6 Å². The molecule has 1 rings (SSSR count). The fourth-order valence-corrected chi connectivity index (χ4v) is 1.06. The highest BCUT2D eigenvalue weighted by atomic mass is 16.5. The maximum absolute atomic E-state index is 10.8. The predicted molar refractivity (Wildman–Crippen MR) is 56.0 cm³/mol. The second-order valence-electron chi connectivity index (χ2n) is 2.89. The summed E-state index contributed by atoms with van der Waals surface area (Å²) in [6, 6.07) is 1.37. The number of nitrogens with zero attached hydrogens (tertiary/aromatic N) is 1. The Kier molecular flexibility index (Phi) is 3.87. The van der Waals surface area contributed by atoms with E-state index in [1.54, 1.807) is 7.11 Å². The molecule has 0 saturated heterocycles. The van der Waals surface area contributed by atoms with Crippen LogP contribution in [0.1, 0.15) is 10.4 Å². The van der Waals surface area contributed by atoms with E-state index < -0.39 is 5.97 Å². The first-order chi connectivity index (χ1) is 7.15. The zero-order valence-electron chi connectivity index (χ0n) is 8.36. The van der Waals surface area contributed by atoms with Crippen LogP contribution in [-0.2, 0) is 4.74 Å². The fourth-order valence-electron chi connectivity index (χ4n) is 1.06. The minimum Gasteiger partial charge on any atom is -0.478 e. The van der Waals surface area contributed by atoms with Crippen molar-refractivity contribution in [2.45, 2.75) is 0 Å². The number of methoxy groups -OCH3 is 1. The summed E-state index contributed by atoms with van der Waals surface area (Å²) in [5.41, 5.74) is 5.83. The SMILES string of the molecule is COCCNc1ncc(N)cc1C(=O)O. The average molecular weight is 211 g/mol. The van der Waals surface area contributed by atoms with Crippen molar-refractivity contribution in [3.63, 3.8) is 0 Å². The number of aromatic nitrogens is 1. The van der Waals surface area contributed by atoms with Gasteiger partial charge in [-0.15, -0.1) is 0 Å². The third-order valence-electron chi connectivity index (χ3n) is 1.74. The number of hydrogen-bond acceptors (Lipinski definition) is 5. The molecule has 82 valence electrons. The van der Waals surface area contributed by atoms with Gasteiger partial charge in [0.25, 0.3) is 0 Å². The van der Waals surface area contributed by atoms with Gasteiger partial charge in [0.1, 0.15) is 11.4 Å². The molecule has 0 saturated carbocycles. The molecule has 15 heavy (non-hydrogen) atoms. The Morgan fingerprint density at radius 3 is 3.07 bits per heavy atom. The van der Waals surface area contributed by atoms with Gasteiger partial charge in [0.05, 0.1) is 18.5 Å². The number of carboxylic acid groups (broad SMARTS) is 1. The first kappa shape index (κ1) is 11.3. The van der Waals surface area contributed by atoms with E-state index in [0.717, 1.165) is 0 Å². The van der Waals surface area contributed by atoms with Crippen LogP contribution in [0.3, 0.4) is 0 Å². The van der Waals surface area contributed by atoms with Gasteiger partial charge in [0.15, 0.2) is 0 Å². The summed E-state index contributed by atoms with van der Waals surface area (Å²) in [6.45, 7) is 0.971. The van der Waals surface area contributed by atoms with Crippen molar-refractivity contribution in [2.75, 3.05) is 31.3 Å². The quantitative estimate of drug-likeness (QED) is 0.611. The van der Waals surface area contributed by atoms with Gasteiger partial charge in [-0.3, -0.25) is 0 Å². The number of ether oxygens (including phenoxy) is 1. The molecule has 6 heteroatoms. The van der Waals surface area contributed by atoms with Gasteiger partial charge in [0.2, 0.25) is 0 Å². The molecule has 0 aliphatic heterocycles. The van der Waals surface area contributed by atoms with Crippen molar-refractivity contribution >= 4 is 17.5 Å². The van der Waals surface area contributed by atoms with Crippen molar-refractivity contribution in [1.29, 1.82) is 0 Å². The number of carbonyl (C=O) groups is 1. The second-order valence-corrected chi connectivity index (χ2v) is 2.89. The van der Waals surface area contributed by atoms with Gasteiger partial charge >= 0.3 is 5.97 Å². The zero-order valence-corrected chi connectivity index (χ0v) is 8.36. The van der Waals surface area contributed by atoms with Crippen LogP contribution in [0.5, 0.6) is 0 Å². The van der Waals surface area contributed by atoms with E-state index in [1.165, 1.54) is 12.3 Å². The Labute approximate surface area is 87.1 Å².